The van der Waals surface area contributed by atoms with Crippen LogP contribution in [0.15, 0.2) is 54.6 Å². The lowest BCUT2D eigenvalue weighted by atomic mass is 9.80. The smallest absolute Gasteiger partial charge is 0.368 e. The van der Waals surface area contributed by atoms with Crippen LogP contribution in [0.25, 0.3) is 0 Å². The predicted octanol–water partition coefficient (Wildman–Crippen LogP) is 1.05. The summed E-state index contributed by atoms with van der Waals surface area (Å²) in [6.45, 7) is 1.67. The normalized spacial score (nSPS) is 28.4. The highest BCUT2D eigenvalue weighted by molar-refractivity contribution is 6.23. The van der Waals surface area contributed by atoms with Crippen molar-refractivity contribution in [2.24, 2.45) is 11.8 Å². The van der Waals surface area contributed by atoms with Crippen LogP contribution in [0.3, 0.4) is 0 Å². The number of carbonyl (C=O) groups is 3. The molecule has 2 aromatic carbocycles. The lowest BCUT2D eigenvalue weighted by Gasteiger charge is -2.26. The van der Waals surface area contributed by atoms with Gasteiger partial charge in [0.25, 0.3) is 0 Å². The van der Waals surface area contributed by atoms with Crippen LogP contribution in [0.4, 0.5) is 5.69 Å². The van der Waals surface area contributed by atoms with Gasteiger partial charge < -0.3 is 14.8 Å². The van der Waals surface area contributed by atoms with Gasteiger partial charge in [0, 0.05) is 6.92 Å². The molecule has 0 radical (unpaired) electrons. The SMILES string of the molecule is COC(=O)[C@@]1(C)[NH2+][C@@H](c2ccccc2OC)[C@H]2C(=O)N(c3ccccc3)C(=O)[C@@H]21. The third kappa shape index (κ3) is 2.73. The fourth-order valence-electron chi connectivity index (χ4n) is 4.74. The number of ether oxygens (including phenoxy) is 2. The number of hydrogen-bond donors (Lipinski definition) is 1. The Labute approximate surface area is 168 Å². The number of benzene rings is 2. The van der Waals surface area contributed by atoms with E-state index in [2.05, 4.69) is 0 Å². The molecule has 2 heterocycles. The fraction of sp³-hybridized carbons (Fsp3) is 0.318. The Morgan fingerprint density at radius 3 is 2.31 bits per heavy atom. The van der Waals surface area contributed by atoms with Crippen molar-refractivity contribution in [3.05, 3.63) is 60.2 Å². The van der Waals surface area contributed by atoms with Gasteiger partial charge in [0.15, 0.2) is 0 Å². The molecule has 7 nitrogen and oxygen atoms in total. The van der Waals surface area contributed by atoms with Gasteiger partial charge in [-0.2, -0.15) is 0 Å². The number of carbonyl (C=O) groups excluding carboxylic acids is 3. The maximum absolute atomic E-state index is 13.5. The van der Waals surface area contributed by atoms with Gasteiger partial charge in [-0.05, 0) is 24.3 Å². The fourth-order valence-corrected chi connectivity index (χ4v) is 4.74. The summed E-state index contributed by atoms with van der Waals surface area (Å²) >= 11 is 0. The summed E-state index contributed by atoms with van der Waals surface area (Å²) in [5.74, 6) is -2.15. The van der Waals surface area contributed by atoms with Crippen LogP contribution in [0, 0.1) is 11.8 Å². The van der Waals surface area contributed by atoms with E-state index in [0.717, 1.165) is 5.56 Å². The number of para-hydroxylation sites is 2. The molecule has 2 saturated heterocycles. The van der Waals surface area contributed by atoms with Crippen molar-refractivity contribution in [1.82, 2.24) is 0 Å². The number of rotatable bonds is 4. The van der Waals surface area contributed by atoms with E-state index in [4.69, 9.17) is 9.47 Å². The van der Waals surface area contributed by atoms with E-state index in [1.54, 1.807) is 43.6 Å². The molecule has 0 saturated carbocycles. The molecule has 0 bridgehead atoms. The molecule has 2 aliphatic heterocycles. The highest BCUT2D eigenvalue weighted by atomic mass is 16.5. The van der Waals surface area contributed by atoms with Crippen LogP contribution < -0.4 is 15.0 Å². The van der Waals surface area contributed by atoms with Gasteiger partial charge in [-0.1, -0.05) is 30.3 Å². The van der Waals surface area contributed by atoms with E-state index in [9.17, 15) is 14.4 Å². The number of quaternary nitrogens is 1. The van der Waals surface area contributed by atoms with Crippen molar-refractivity contribution in [2.45, 2.75) is 18.5 Å². The van der Waals surface area contributed by atoms with Crippen LogP contribution in [0.5, 0.6) is 5.75 Å². The average Bonchev–Trinajstić information content (AvgIpc) is 3.21. The van der Waals surface area contributed by atoms with Crippen molar-refractivity contribution in [3.63, 3.8) is 0 Å². The lowest BCUT2D eigenvalue weighted by Crippen LogP contribution is -2.97. The molecule has 2 amide bonds. The number of nitrogens with zero attached hydrogens (tertiary/aromatic N) is 1. The molecule has 0 spiro atoms. The first-order valence-corrected chi connectivity index (χ1v) is 9.44. The highest BCUT2D eigenvalue weighted by Gasteiger charge is 2.71. The van der Waals surface area contributed by atoms with Crippen LogP contribution in [0.1, 0.15) is 18.5 Å². The summed E-state index contributed by atoms with van der Waals surface area (Å²) in [5.41, 5.74) is 0.0536. The number of anilines is 1. The van der Waals surface area contributed by atoms with E-state index in [1.165, 1.54) is 12.0 Å². The maximum Gasteiger partial charge on any atom is 0.368 e. The molecular formula is C22H23N2O5+. The van der Waals surface area contributed by atoms with Gasteiger partial charge in [0.05, 0.1) is 25.5 Å². The molecule has 29 heavy (non-hydrogen) atoms. The number of nitrogens with two attached hydrogens (primary N) is 1. The summed E-state index contributed by atoms with van der Waals surface area (Å²) in [7, 11) is 2.85. The largest absolute Gasteiger partial charge is 0.496 e. The quantitative estimate of drug-likeness (QED) is 0.618. The second-order valence-corrected chi connectivity index (χ2v) is 7.56. The minimum atomic E-state index is -1.22. The Hall–Kier alpha value is -3.19. The lowest BCUT2D eigenvalue weighted by molar-refractivity contribution is -0.730. The van der Waals surface area contributed by atoms with E-state index in [-0.39, 0.29) is 11.8 Å². The Kier molecular flexibility index (Phi) is 4.62. The molecule has 4 atom stereocenters. The molecule has 2 aliphatic rings. The highest BCUT2D eigenvalue weighted by Crippen LogP contribution is 2.47. The average molecular weight is 395 g/mol. The molecule has 0 unspecified atom stereocenters. The Bertz CT molecular complexity index is 976. The van der Waals surface area contributed by atoms with Crippen LogP contribution in [-0.4, -0.2) is 37.5 Å². The molecule has 150 valence electrons. The number of imide groups is 1. The molecule has 2 fully saturated rings. The Balaban J connectivity index is 1.86. The van der Waals surface area contributed by atoms with Gasteiger partial charge in [-0.15, -0.1) is 0 Å². The van der Waals surface area contributed by atoms with Gasteiger partial charge in [-0.3, -0.25) is 9.59 Å². The molecule has 0 aliphatic carbocycles. The molecule has 0 aromatic heterocycles. The summed E-state index contributed by atoms with van der Waals surface area (Å²) in [5, 5.41) is 1.78. The standard InChI is InChI=1S/C22H22N2O5/c1-22(21(27)29-3)17-16(18(23-22)14-11-7-8-12-15(14)28-2)19(25)24(20(17)26)13-9-5-4-6-10-13/h4-12,16-18,23H,1-3H3/p+1/t16-,17+,18-,22-/m0/s1. The Morgan fingerprint density at radius 2 is 1.66 bits per heavy atom. The first-order chi connectivity index (χ1) is 13.9. The van der Waals surface area contributed by atoms with E-state index in [1.807, 2.05) is 30.3 Å². The van der Waals surface area contributed by atoms with E-state index < -0.39 is 29.4 Å². The zero-order valence-electron chi connectivity index (χ0n) is 16.5. The van der Waals surface area contributed by atoms with Crippen molar-refractivity contribution in [2.75, 3.05) is 19.1 Å². The number of hydrogen-bond acceptors (Lipinski definition) is 5. The second-order valence-electron chi connectivity index (χ2n) is 7.56. The number of esters is 1. The zero-order chi connectivity index (χ0) is 20.8. The molecule has 2 N–H and O–H groups in total. The number of methoxy groups -OCH3 is 2. The molecule has 7 heteroatoms. The predicted molar refractivity (Wildman–Crippen MR) is 104 cm³/mol. The van der Waals surface area contributed by atoms with E-state index >= 15 is 0 Å². The summed E-state index contributed by atoms with van der Waals surface area (Å²) in [4.78, 5) is 40.8. The van der Waals surface area contributed by atoms with Gasteiger partial charge in [0.1, 0.15) is 23.6 Å². The van der Waals surface area contributed by atoms with Crippen LogP contribution >= 0.6 is 0 Å². The van der Waals surface area contributed by atoms with Crippen molar-refractivity contribution in [1.29, 1.82) is 0 Å². The van der Waals surface area contributed by atoms with Gasteiger partial charge in [0.2, 0.25) is 17.4 Å². The van der Waals surface area contributed by atoms with Gasteiger partial charge >= 0.3 is 5.97 Å². The van der Waals surface area contributed by atoms with Gasteiger partial charge in [-0.25, -0.2) is 9.69 Å². The molecule has 2 aromatic rings. The monoisotopic (exact) mass is 395 g/mol. The molecule has 4 rings (SSSR count). The maximum atomic E-state index is 13.5. The van der Waals surface area contributed by atoms with Crippen molar-refractivity contribution in [3.8, 4) is 5.75 Å². The number of fused-ring (bicyclic) bond motifs is 1. The van der Waals surface area contributed by atoms with Crippen molar-refractivity contribution >= 4 is 23.5 Å². The number of amides is 2. The van der Waals surface area contributed by atoms with Crippen molar-refractivity contribution < 1.29 is 29.2 Å². The Morgan fingerprint density at radius 1 is 1.00 bits per heavy atom. The third-order valence-electron chi connectivity index (χ3n) is 6.05. The minimum absolute atomic E-state index is 0.314. The summed E-state index contributed by atoms with van der Waals surface area (Å²) in [6.07, 6.45) is 0. The van der Waals surface area contributed by atoms with E-state index in [0.29, 0.717) is 11.4 Å². The second kappa shape index (κ2) is 7.00. The zero-order valence-corrected chi connectivity index (χ0v) is 16.5. The summed E-state index contributed by atoms with van der Waals surface area (Å²) < 4.78 is 10.5. The minimum Gasteiger partial charge on any atom is -0.496 e. The molecular weight excluding hydrogens is 372 g/mol. The summed E-state index contributed by atoms with van der Waals surface area (Å²) in [6, 6.07) is 15.7. The topological polar surface area (TPSA) is 89.5 Å². The first-order valence-electron chi connectivity index (χ1n) is 9.44. The third-order valence-corrected chi connectivity index (χ3v) is 6.05. The first kappa shape index (κ1) is 19.1. The van der Waals surface area contributed by atoms with Crippen LogP contribution in [0.2, 0.25) is 0 Å². The van der Waals surface area contributed by atoms with Crippen LogP contribution in [-0.2, 0) is 19.1 Å².